The average Bonchev–Trinajstić information content (AvgIpc) is 2.79. The first-order valence-corrected chi connectivity index (χ1v) is 9.33. The molecule has 0 radical (unpaired) electrons. The maximum absolute atomic E-state index is 11.8. The van der Waals surface area contributed by atoms with Gasteiger partial charge < -0.3 is 5.11 Å². The van der Waals surface area contributed by atoms with Gasteiger partial charge in [-0.25, -0.2) is 0 Å². The van der Waals surface area contributed by atoms with Gasteiger partial charge in [-0.1, -0.05) is 25.3 Å². The first-order chi connectivity index (χ1) is 10.9. The number of carbonyl (C=O) groups is 1. The molecule has 124 valence electrons. The number of carbonyl (C=O) groups excluding carboxylic acids is 1. The molecule has 4 aliphatic carbocycles. The highest BCUT2D eigenvalue weighted by molar-refractivity contribution is 5.91. The molecule has 0 saturated heterocycles. The van der Waals surface area contributed by atoms with Crippen LogP contribution in [-0.4, -0.2) is 16.5 Å². The molecule has 0 unspecified atom stereocenters. The summed E-state index contributed by atoms with van der Waals surface area (Å²) in [6, 6.07) is 0. The normalized spacial score (nSPS) is 52.0. The van der Waals surface area contributed by atoms with Gasteiger partial charge in [-0.05, 0) is 74.2 Å². The first kappa shape index (κ1) is 15.5. The maximum Gasteiger partial charge on any atom is 0.155 e. The van der Waals surface area contributed by atoms with E-state index in [4.69, 9.17) is 6.42 Å². The van der Waals surface area contributed by atoms with Gasteiger partial charge in [0.1, 0.15) is 5.60 Å². The Kier molecular flexibility index (Phi) is 3.34. The van der Waals surface area contributed by atoms with Crippen molar-refractivity contribution < 1.29 is 9.90 Å². The molecular formula is C21H28O2. The summed E-state index contributed by atoms with van der Waals surface area (Å²) in [4.78, 5) is 11.8. The Balaban J connectivity index is 1.70. The molecule has 2 heteroatoms. The largest absolute Gasteiger partial charge is 0.377 e. The Bertz CT molecular complexity index is 612. The summed E-state index contributed by atoms with van der Waals surface area (Å²) in [6.07, 6.45) is 14.5. The summed E-state index contributed by atoms with van der Waals surface area (Å²) in [5.74, 6) is 6.17. The fraction of sp³-hybridized carbons (Fsp3) is 0.762. The smallest absolute Gasteiger partial charge is 0.155 e. The quantitative estimate of drug-likeness (QED) is 0.692. The van der Waals surface area contributed by atoms with Crippen LogP contribution in [0.4, 0.5) is 0 Å². The monoisotopic (exact) mass is 312 g/mol. The van der Waals surface area contributed by atoms with Crippen molar-refractivity contribution in [3.05, 3.63) is 11.6 Å². The molecular weight excluding hydrogens is 284 g/mol. The molecule has 0 amide bonds. The van der Waals surface area contributed by atoms with Gasteiger partial charge in [-0.2, -0.15) is 0 Å². The van der Waals surface area contributed by atoms with E-state index >= 15 is 0 Å². The summed E-state index contributed by atoms with van der Waals surface area (Å²) in [6.45, 7) is 4.59. The fourth-order valence-electron chi connectivity index (χ4n) is 6.84. The van der Waals surface area contributed by atoms with Crippen LogP contribution in [0.1, 0.15) is 58.8 Å². The molecule has 0 spiro atoms. The zero-order chi connectivity index (χ0) is 16.4. The maximum atomic E-state index is 11.8. The van der Waals surface area contributed by atoms with E-state index in [0.717, 1.165) is 44.9 Å². The summed E-state index contributed by atoms with van der Waals surface area (Å²) in [5.41, 5.74) is 0.382. The van der Waals surface area contributed by atoms with Crippen molar-refractivity contribution in [3.8, 4) is 12.3 Å². The highest BCUT2D eigenvalue weighted by atomic mass is 16.3. The Morgan fingerprint density at radius 2 is 2.09 bits per heavy atom. The van der Waals surface area contributed by atoms with Gasteiger partial charge in [-0.15, -0.1) is 6.42 Å². The zero-order valence-corrected chi connectivity index (χ0v) is 14.3. The lowest BCUT2D eigenvalue weighted by Crippen LogP contribution is -2.53. The Morgan fingerprint density at radius 1 is 1.30 bits per heavy atom. The minimum absolute atomic E-state index is 0.122. The summed E-state index contributed by atoms with van der Waals surface area (Å²) in [7, 11) is 0. The lowest BCUT2D eigenvalue weighted by molar-refractivity contribution is -0.117. The lowest BCUT2D eigenvalue weighted by atomic mass is 9.48. The topological polar surface area (TPSA) is 37.3 Å². The Morgan fingerprint density at radius 3 is 2.83 bits per heavy atom. The molecule has 0 bridgehead atoms. The van der Waals surface area contributed by atoms with E-state index in [1.54, 1.807) is 0 Å². The molecule has 0 aliphatic heterocycles. The van der Waals surface area contributed by atoms with Crippen molar-refractivity contribution in [3.63, 3.8) is 0 Å². The van der Waals surface area contributed by atoms with Gasteiger partial charge in [-0.3, -0.25) is 4.79 Å². The molecule has 1 N–H and O–H groups in total. The van der Waals surface area contributed by atoms with Crippen LogP contribution in [0.25, 0.3) is 0 Å². The van der Waals surface area contributed by atoms with E-state index in [0.29, 0.717) is 35.4 Å². The highest BCUT2D eigenvalue weighted by Gasteiger charge is 2.62. The van der Waals surface area contributed by atoms with Crippen molar-refractivity contribution in [2.45, 2.75) is 64.4 Å². The predicted molar refractivity (Wildman–Crippen MR) is 90.4 cm³/mol. The van der Waals surface area contributed by atoms with Gasteiger partial charge in [0.25, 0.3) is 0 Å². The van der Waals surface area contributed by atoms with Gasteiger partial charge >= 0.3 is 0 Å². The van der Waals surface area contributed by atoms with Crippen molar-refractivity contribution >= 4 is 5.78 Å². The number of terminal acetylenes is 1. The zero-order valence-electron chi connectivity index (χ0n) is 14.3. The number of aliphatic hydroxyl groups is 1. The van der Waals surface area contributed by atoms with Crippen LogP contribution in [0.2, 0.25) is 0 Å². The number of rotatable bonds is 0. The van der Waals surface area contributed by atoms with E-state index in [9.17, 15) is 9.90 Å². The van der Waals surface area contributed by atoms with E-state index in [2.05, 4.69) is 19.8 Å². The van der Waals surface area contributed by atoms with E-state index in [1.807, 2.05) is 6.08 Å². The minimum Gasteiger partial charge on any atom is -0.377 e. The third kappa shape index (κ3) is 1.96. The van der Waals surface area contributed by atoms with Crippen molar-refractivity contribution in [1.29, 1.82) is 0 Å². The summed E-state index contributed by atoms with van der Waals surface area (Å²) < 4.78 is 0. The summed E-state index contributed by atoms with van der Waals surface area (Å²) >= 11 is 0. The van der Waals surface area contributed by atoms with Crippen LogP contribution >= 0.6 is 0 Å². The standard InChI is InChI=1S/C21H28O2/c1-4-21(23)10-8-18-19-13(2)11-14-12-15(22)5-6-16(14)17(19)7-9-20(18,21)3/h1,12-13,16-19,23H,5-11H2,2-3H3/t13-,16+,17-,18+,19-,20+,21+/m1/s1. The number of allylic oxidation sites excluding steroid dienone is 1. The molecule has 0 aromatic rings. The van der Waals surface area contributed by atoms with E-state index in [1.165, 1.54) is 5.57 Å². The average molecular weight is 312 g/mol. The van der Waals surface area contributed by atoms with Crippen molar-refractivity contribution in [2.24, 2.45) is 35.0 Å². The minimum atomic E-state index is -0.916. The van der Waals surface area contributed by atoms with E-state index < -0.39 is 5.60 Å². The van der Waals surface area contributed by atoms with Crippen LogP contribution in [0.15, 0.2) is 11.6 Å². The van der Waals surface area contributed by atoms with Crippen LogP contribution in [0.3, 0.4) is 0 Å². The lowest BCUT2D eigenvalue weighted by Gasteiger charge is -2.56. The van der Waals surface area contributed by atoms with Gasteiger partial charge in [0.2, 0.25) is 0 Å². The number of hydrogen-bond acceptors (Lipinski definition) is 2. The molecule has 3 saturated carbocycles. The van der Waals surface area contributed by atoms with Crippen molar-refractivity contribution in [2.75, 3.05) is 0 Å². The number of hydrogen-bond donors (Lipinski definition) is 1. The Labute approximate surface area is 139 Å². The van der Waals surface area contributed by atoms with Gasteiger partial charge in [0.05, 0.1) is 0 Å². The van der Waals surface area contributed by atoms with Crippen molar-refractivity contribution in [1.82, 2.24) is 0 Å². The van der Waals surface area contributed by atoms with Crippen LogP contribution in [-0.2, 0) is 4.79 Å². The number of fused-ring (bicyclic) bond motifs is 5. The Hall–Kier alpha value is -1.07. The summed E-state index contributed by atoms with van der Waals surface area (Å²) in [5, 5.41) is 11.0. The molecule has 0 aromatic carbocycles. The molecule has 2 nitrogen and oxygen atoms in total. The third-order valence-electron chi connectivity index (χ3n) is 8.03. The fourth-order valence-corrected chi connectivity index (χ4v) is 6.84. The first-order valence-electron chi connectivity index (χ1n) is 9.33. The second-order valence-electron chi connectivity index (χ2n) is 8.86. The van der Waals surface area contributed by atoms with Crippen LogP contribution < -0.4 is 0 Å². The molecule has 4 rings (SSSR count). The van der Waals surface area contributed by atoms with E-state index in [-0.39, 0.29) is 5.41 Å². The SMILES string of the molecule is C#C[C@]1(O)CC[C@H]2[C@H]3[C@H](CC[C@@]21C)[C@H]1CCC(=O)C=C1C[C@H]3C. The number of ketones is 1. The van der Waals surface area contributed by atoms with Crippen LogP contribution in [0.5, 0.6) is 0 Å². The molecule has 7 atom stereocenters. The second-order valence-corrected chi connectivity index (χ2v) is 8.86. The molecule has 23 heavy (non-hydrogen) atoms. The molecule has 3 fully saturated rings. The van der Waals surface area contributed by atoms with Crippen LogP contribution in [0, 0.1) is 47.3 Å². The van der Waals surface area contributed by atoms with Gasteiger partial charge in [0.15, 0.2) is 5.78 Å². The molecule has 4 aliphatic rings. The predicted octanol–water partition coefficient (Wildman–Crippen LogP) is 3.74. The third-order valence-corrected chi connectivity index (χ3v) is 8.03. The second kappa shape index (κ2) is 4.96. The molecule has 0 aromatic heterocycles. The molecule has 0 heterocycles. The highest BCUT2D eigenvalue weighted by Crippen LogP contribution is 2.65. The van der Waals surface area contributed by atoms with Gasteiger partial charge in [0, 0.05) is 11.8 Å².